The fourth-order valence-electron chi connectivity index (χ4n) is 3.20. The molecule has 0 spiro atoms. The van der Waals surface area contributed by atoms with Gasteiger partial charge in [0.15, 0.2) is 0 Å². The third-order valence-electron chi connectivity index (χ3n) is 4.70. The number of nitrogens with zero attached hydrogens (tertiary/aromatic N) is 1. The summed E-state index contributed by atoms with van der Waals surface area (Å²) in [7, 11) is 2.20. The Bertz CT molecular complexity index is 446. The Kier molecular flexibility index (Phi) is 4.98. The summed E-state index contributed by atoms with van der Waals surface area (Å²) in [5, 5.41) is 0.809. The van der Waals surface area contributed by atoms with Crippen molar-refractivity contribution in [3.63, 3.8) is 0 Å². The zero-order valence-corrected chi connectivity index (χ0v) is 13.7. The Balaban J connectivity index is 2.16. The lowest BCUT2D eigenvalue weighted by Crippen LogP contribution is -2.37. The first-order valence-corrected chi connectivity index (χ1v) is 8.02. The van der Waals surface area contributed by atoms with Gasteiger partial charge in [-0.2, -0.15) is 0 Å². The van der Waals surface area contributed by atoms with Crippen LogP contribution in [-0.2, 0) is 6.42 Å². The Hall–Kier alpha value is -0.730. The third-order valence-corrected chi connectivity index (χ3v) is 4.93. The maximum absolute atomic E-state index is 6.19. The maximum atomic E-state index is 6.19. The number of nitrogens with two attached hydrogens (primary N) is 1. The molecule has 0 heterocycles. The lowest BCUT2D eigenvalue weighted by atomic mass is 9.75. The van der Waals surface area contributed by atoms with Crippen LogP contribution in [0.15, 0.2) is 18.2 Å². The van der Waals surface area contributed by atoms with Gasteiger partial charge in [0.05, 0.1) is 0 Å². The van der Waals surface area contributed by atoms with Gasteiger partial charge in [-0.3, -0.25) is 0 Å². The molecule has 1 fully saturated rings. The standard InChI is InChI=1S/C17H27ClN2/c1-17(2)9-6-15(7-10-17)20(3)16-12-14(18)5-4-13(16)8-11-19/h4-5,12,15H,6-11,19H2,1-3H3. The Morgan fingerprint density at radius 1 is 1.30 bits per heavy atom. The lowest BCUT2D eigenvalue weighted by molar-refractivity contribution is 0.222. The monoisotopic (exact) mass is 294 g/mol. The van der Waals surface area contributed by atoms with E-state index in [2.05, 4.69) is 37.9 Å². The Morgan fingerprint density at radius 3 is 2.55 bits per heavy atom. The minimum atomic E-state index is 0.506. The van der Waals surface area contributed by atoms with Crippen LogP contribution in [0.2, 0.25) is 5.02 Å². The van der Waals surface area contributed by atoms with Gasteiger partial charge in [-0.05, 0) is 61.8 Å². The van der Waals surface area contributed by atoms with E-state index in [1.54, 1.807) is 0 Å². The van der Waals surface area contributed by atoms with E-state index in [1.807, 2.05) is 6.07 Å². The molecule has 2 N–H and O–H groups in total. The highest BCUT2D eigenvalue weighted by atomic mass is 35.5. The van der Waals surface area contributed by atoms with Crippen molar-refractivity contribution in [3.05, 3.63) is 28.8 Å². The number of benzene rings is 1. The molecule has 1 aromatic carbocycles. The van der Waals surface area contributed by atoms with Crippen molar-refractivity contribution in [2.75, 3.05) is 18.5 Å². The fraction of sp³-hybridized carbons (Fsp3) is 0.647. The van der Waals surface area contributed by atoms with Crippen LogP contribution in [0.3, 0.4) is 0 Å². The second kappa shape index (κ2) is 6.36. The minimum Gasteiger partial charge on any atom is -0.371 e. The van der Waals surface area contributed by atoms with Gasteiger partial charge in [-0.25, -0.2) is 0 Å². The summed E-state index contributed by atoms with van der Waals surface area (Å²) >= 11 is 6.19. The van der Waals surface area contributed by atoms with Crippen LogP contribution in [-0.4, -0.2) is 19.6 Å². The van der Waals surface area contributed by atoms with Gasteiger partial charge in [0.1, 0.15) is 0 Å². The van der Waals surface area contributed by atoms with Gasteiger partial charge in [-0.1, -0.05) is 31.5 Å². The van der Waals surface area contributed by atoms with Crippen LogP contribution in [0.5, 0.6) is 0 Å². The highest BCUT2D eigenvalue weighted by Gasteiger charge is 2.29. The van der Waals surface area contributed by atoms with E-state index in [0.717, 1.165) is 11.4 Å². The molecule has 0 aliphatic heterocycles. The zero-order chi connectivity index (χ0) is 14.8. The molecule has 0 aromatic heterocycles. The van der Waals surface area contributed by atoms with Crippen LogP contribution in [0.25, 0.3) is 0 Å². The van der Waals surface area contributed by atoms with Crippen molar-refractivity contribution in [3.8, 4) is 0 Å². The molecule has 0 saturated heterocycles. The van der Waals surface area contributed by atoms with Crippen molar-refractivity contribution >= 4 is 17.3 Å². The molecule has 112 valence electrons. The average molecular weight is 295 g/mol. The topological polar surface area (TPSA) is 29.3 Å². The number of halogens is 1. The second-order valence-corrected chi connectivity index (χ2v) is 7.25. The van der Waals surface area contributed by atoms with Crippen molar-refractivity contribution in [1.29, 1.82) is 0 Å². The first kappa shape index (κ1) is 15.7. The van der Waals surface area contributed by atoms with Crippen LogP contribution in [0, 0.1) is 5.41 Å². The highest BCUT2D eigenvalue weighted by Crippen LogP contribution is 2.38. The van der Waals surface area contributed by atoms with Crippen LogP contribution in [0.4, 0.5) is 5.69 Å². The molecule has 0 atom stereocenters. The Morgan fingerprint density at radius 2 is 1.95 bits per heavy atom. The van der Waals surface area contributed by atoms with Crippen molar-refractivity contribution in [2.45, 2.75) is 52.0 Å². The molecular formula is C17H27ClN2. The molecule has 1 aromatic rings. The summed E-state index contributed by atoms with van der Waals surface area (Å²) in [6, 6.07) is 6.80. The quantitative estimate of drug-likeness (QED) is 0.899. The first-order chi connectivity index (χ1) is 9.43. The molecule has 20 heavy (non-hydrogen) atoms. The van der Waals surface area contributed by atoms with Gasteiger partial charge in [-0.15, -0.1) is 0 Å². The highest BCUT2D eigenvalue weighted by molar-refractivity contribution is 6.30. The largest absolute Gasteiger partial charge is 0.371 e. The zero-order valence-electron chi connectivity index (χ0n) is 13.0. The summed E-state index contributed by atoms with van der Waals surface area (Å²) in [5.74, 6) is 0. The molecule has 1 saturated carbocycles. The molecule has 2 nitrogen and oxygen atoms in total. The fourth-order valence-corrected chi connectivity index (χ4v) is 3.37. The number of rotatable bonds is 4. The predicted molar refractivity (Wildman–Crippen MR) is 88.7 cm³/mol. The van der Waals surface area contributed by atoms with Crippen molar-refractivity contribution in [1.82, 2.24) is 0 Å². The van der Waals surface area contributed by atoms with Crippen LogP contribution >= 0.6 is 11.6 Å². The molecule has 2 rings (SSSR count). The molecule has 0 unspecified atom stereocenters. The third kappa shape index (κ3) is 3.67. The van der Waals surface area contributed by atoms with Gasteiger partial charge >= 0.3 is 0 Å². The van der Waals surface area contributed by atoms with E-state index < -0.39 is 0 Å². The number of hydrogen-bond acceptors (Lipinski definition) is 2. The SMILES string of the molecule is CN(c1cc(Cl)ccc1CCN)C1CCC(C)(C)CC1. The van der Waals surface area contributed by atoms with Crippen molar-refractivity contribution < 1.29 is 0 Å². The van der Waals surface area contributed by atoms with Crippen LogP contribution < -0.4 is 10.6 Å². The summed E-state index contributed by atoms with van der Waals surface area (Å²) < 4.78 is 0. The molecule has 0 amide bonds. The second-order valence-electron chi connectivity index (χ2n) is 6.82. The first-order valence-electron chi connectivity index (χ1n) is 7.64. The summed E-state index contributed by atoms with van der Waals surface area (Å²) in [5.41, 5.74) is 8.80. The van der Waals surface area contributed by atoms with Gasteiger partial charge in [0.2, 0.25) is 0 Å². The molecule has 3 heteroatoms. The average Bonchev–Trinajstić information content (AvgIpc) is 2.40. The predicted octanol–water partition coefficient (Wildman–Crippen LogP) is 4.25. The molecule has 1 aliphatic carbocycles. The summed E-state index contributed by atoms with van der Waals surface area (Å²) in [6.07, 6.45) is 6.04. The maximum Gasteiger partial charge on any atom is 0.0426 e. The van der Waals surface area contributed by atoms with E-state index in [-0.39, 0.29) is 0 Å². The van der Waals surface area contributed by atoms with E-state index in [4.69, 9.17) is 17.3 Å². The minimum absolute atomic E-state index is 0.506. The lowest BCUT2D eigenvalue weighted by Gasteiger charge is -2.40. The summed E-state index contributed by atoms with van der Waals surface area (Å²) in [6.45, 7) is 5.44. The number of hydrogen-bond donors (Lipinski definition) is 1. The van der Waals surface area contributed by atoms with Crippen LogP contribution in [0.1, 0.15) is 45.1 Å². The normalized spacial score (nSPS) is 19.1. The smallest absolute Gasteiger partial charge is 0.0426 e. The molecular weight excluding hydrogens is 268 g/mol. The van der Waals surface area contributed by atoms with E-state index in [1.165, 1.54) is 36.9 Å². The molecule has 0 bridgehead atoms. The van der Waals surface area contributed by atoms with E-state index in [0.29, 0.717) is 18.0 Å². The number of anilines is 1. The molecule has 1 aliphatic rings. The van der Waals surface area contributed by atoms with Gasteiger partial charge < -0.3 is 10.6 Å². The van der Waals surface area contributed by atoms with Crippen molar-refractivity contribution in [2.24, 2.45) is 11.1 Å². The van der Waals surface area contributed by atoms with Gasteiger partial charge in [0.25, 0.3) is 0 Å². The van der Waals surface area contributed by atoms with Gasteiger partial charge in [0, 0.05) is 23.8 Å². The Labute approximate surface area is 128 Å². The summed E-state index contributed by atoms with van der Waals surface area (Å²) in [4.78, 5) is 2.42. The van der Waals surface area contributed by atoms with E-state index in [9.17, 15) is 0 Å². The van der Waals surface area contributed by atoms with E-state index >= 15 is 0 Å². The molecule has 0 radical (unpaired) electrons.